The van der Waals surface area contributed by atoms with Crippen molar-refractivity contribution in [1.29, 1.82) is 0 Å². The van der Waals surface area contributed by atoms with E-state index in [1.54, 1.807) is 0 Å². The number of hydrogen-bond acceptors (Lipinski definition) is 3. The number of rotatable bonds is 2. The number of alkyl halides is 2. The van der Waals surface area contributed by atoms with E-state index >= 15 is 0 Å². The van der Waals surface area contributed by atoms with Gasteiger partial charge in [-0.2, -0.15) is 0 Å². The Morgan fingerprint density at radius 1 is 1.11 bits per heavy atom. The molecule has 1 saturated heterocycles. The van der Waals surface area contributed by atoms with Gasteiger partial charge in [0, 0.05) is 38.8 Å². The summed E-state index contributed by atoms with van der Waals surface area (Å²) in [5.74, 6) is -3.09. The molecule has 0 spiro atoms. The van der Waals surface area contributed by atoms with E-state index in [0.717, 1.165) is 6.42 Å². The topological polar surface area (TPSA) is 46.6 Å². The van der Waals surface area contributed by atoms with Crippen LogP contribution in [0.15, 0.2) is 0 Å². The van der Waals surface area contributed by atoms with E-state index in [-0.39, 0.29) is 18.6 Å². The second-order valence-corrected chi connectivity index (χ2v) is 5.11. The minimum Gasteiger partial charge on any atom is -0.435 e. The largest absolute Gasteiger partial charge is 0.435 e. The predicted octanol–water partition coefficient (Wildman–Crippen LogP) is 2.37. The maximum Gasteiger partial charge on any atom is 0.410 e. The fourth-order valence-corrected chi connectivity index (χ4v) is 2.28. The molecule has 1 aliphatic carbocycles. The van der Waals surface area contributed by atoms with Gasteiger partial charge in [0.25, 0.3) is 0 Å². The Labute approximate surface area is 104 Å². The number of ether oxygens (including phenoxy) is 1. The minimum absolute atomic E-state index is 0.0884. The summed E-state index contributed by atoms with van der Waals surface area (Å²) in [7, 11) is 0. The van der Waals surface area contributed by atoms with E-state index in [4.69, 9.17) is 4.74 Å². The van der Waals surface area contributed by atoms with Gasteiger partial charge in [-0.05, 0) is 13.3 Å². The average Bonchev–Trinajstić information content (AvgIpc) is 2.18. The third-order valence-electron chi connectivity index (χ3n) is 3.83. The van der Waals surface area contributed by atoms with Gasteiger partial charge in [-0.15, -0.1) is 0 Å². The summed E-state index contributed by atoms with van der Waals surface area (Å²) >= 11 is 0. The molecule has 0 unspecified atom stereocenters. The highest BCUT2D eigenvalue weighted by Gasteiger charge is 2.49. The number of hydrogen-bond donors (Lipinski definition) is 0. The second-order valence-electron chi connectivity index (χ2n) is 5.11. The first kappa shape index (κ1) is 13.2. The molecule has 2 fully saturated rings. The number of Topliss-reactive ketones (excluding diaryl/α,β-unsaturated/α-hetero) is 1. The van der Waals surface area contributed by atoms with Crippen LogP contribution in [-0.2, 0) is 9.53 Å². The standard InChI is InChI=1S/C12H17F2NO3/c1-9(16)11(3-5-12(13,14)6-4-11)18-10(17)15-7-2-8-15/h2-8H2,1H3. The van der Waals surface area contributed by atoms with E-state index in [1.165, 1.54) is 11.8 Å². The first-order chi connectivity index (χ1) is 8.35. The van der Waals surface area contributed by atoms with Crippen LogP contribution < -0.4 is 0 Å². The van der Waals surface area contributed by atoms with Gasteiger partial charge in [-0.3, -0.25) is 4.79 Å². The lowest BCUT2D eigenvalue weighted by atomic mass is 9.80. The average molecular weight is 261 g/mol. The highest BCUT2D eigenvalue weighted by molar-refractivity contribution is 5.87. The van der Waals surface area contributed by atoms with Crippen LogP contribution in [-0.4, -0.2) is 41.4 Å². The molecule has 18 heavy (non-hydrogen) atoms. The smallest absolute Gasteiger partial charge is 0.410 e. The Bertz CT molecular complexity index is 356. The van der Waals surface area contributed by atoms with E-state index in [1.807, 2.05) is 0 Å². The number of halogens is 2. The highest BCUT2D eigenvalue weighted by Crippen LogP contribution is 2.41. The van der Waals surface area contributed by atoms with Crippen molar-refractivity contribution in [3.05, 3.63) is 0 Å². The van der Waals surface area contributed by atoms with Gasteiger partial charge in [0.05, 0.1) is 0 Å². The zero-order valence-corrected chi connectivity index (χ0v) is 10.4. The number of carbonyl (C=O) groups is 2. The monoisotopic (exact) mass is 261 g/mol. The van der Waals surface area contributed by atoms with Crippen LogP contribution in [0.3, 0.4) is 0 Å². The highest BCUT2D eigenvalue weighted by atomic mass is 19.3. The molecule has 2 aliphatic rings. The summed E-state index contributed by atoms with van der Waals surface area (Å²) in [5.41, 5.74) is -1.34. The van der Waals surface area contributed by atoms with Crippen molar-refractivity contribution in [2.24, 2.45) is 0 Å². The fraction of sp³-hybridized carbons (Fsp3) is 0.833. The van der Waals surface area contributed by atoms with Crippen molar-refractivity contribution >= 4 is 11.9 Å². The van der Waals surface area contributed by atoms with E-state index < -0.39 is 30.5 Å². The summed E-state index contributed by atoms with van der Waals surface area (Å²) in [6, 6.07) is 0. The molecule has 1 amide bonds. The molecule has 2 rings (SSSR count). The molecule has 4 nitrogen and oxygen atoms in total. The van der Waals surface area contributed by atoms with Crippen molar-refractivity contribution in [3.63, 3.8) is 0 Å². The molecule has 0 atom stereocenters. The van der Waals surface area contributed by atoms with E-state index in [2.05, 4.69) is 0 Å². The van der Waals surface area contributed by atoms with E-state index in [0.29, 0.717) is 13.1 Å². The van der Waals surface area contributed by atoms with Gasteiger partial charge in [0.2, 0.25) is 5.92 Å². The lowest BCUT2D eigenvalue weighted by Gasteiger charge is -2.40. The number of amides is 1. The van der Waals surface area contributed by atoms with Crippen LogP contribution in [0.1, 0.15) is 39.0 Å². The zero-order chi connectivity index (χ0) is 13.4. The summed E-state index contributed by atoms with van der Waals surface area (Å²) in [4.78, 5) is 24.9. The lowest BCUT2D eigenvalue weighted by Crippen LogP contribution is -2.52. The number of nitrogens with zero attached hydrogens (tertiary/aromatic N) is 1. The van der Waals surface area contributed by atoms with Crippen LogP contribution in [0.2, 0.25) is 0 Å². The Hall–Kier alpha value is -1.20. The SMILES string of the molecule is CC(=O)C1(OC(=O)N2CCC2)CCC(F)(F)CC1. The molecule has 1 saturated carbocycles. The number of likely N-dealkylation sites (tertiary alicyclic amines) is 1. The molecule has 1 heterocycles. The molecule has 0 aromatic carbocycles. The third kappa shape index (κ3) is 2.47. The van der Waals surface area contributed by atoms with Gasteiger partial charge in [-0.1, -0.05) is 0 Å². The molecular formula is C12H17F2NO3. The molecule has 0 N–H and O–H groups in total. The van der Waals surface area contributed by atoms with Crippen molar-refractivity contribution in [3.8, 4) is 0 Å². The van der Waals surface area contributed by atoms with Crippen molar-refractivity contribution in [2.75, 3.05) is 13.1 Å². The Balaban J connectivity index is 2.03. The maximum atomic E-state index is 13.1. The predicted molar refractivity (Wildman–Crippen MR) is 59.5 cm³/mol. The van der Waals surface area contributed by atoms with Crippen LogP contribution in [0.4, 0.5) is 13.6 Å². The van der Waals surface area contributed by atoms with Crippen LogP contribution in [0, 0.1) is 0 Å². The summed E-state index contributed by atoms with van der Waals surface area (Å²) in [6.45, 7) is 2.53. The van der Waals surface area contributed by atoms with Crippen LogP contribution in [0.5, 0.6) is 0 Å². The molecule has 102 valence electrons. The first-order valence-electron chi connectivity index (χ1n) is 6.21. The van der Waals surface area contributed by atoms with E-state index in [9.17, 15) is 18.4 Å². The van der Waals surface area contributed by atoms with Gasteiger partial charge in [0.1, 0.15) is 0 Å². The quantitative estimate of drug-likeness (QED) is 0.766. The van der Waals surface area contributed by atoms with Crippen molar-refractivity contribution in [2.45, 2.75) is 50.6 Å². The van der Waals surface area contributed by atoms with Crippen molar-refractivity contribution < 1.29 is 23.1 Å². The van der Waals surface area contributed by atoms with Gasteiger partial charge >= 0.3 is 6.09 Å². The Morgan fingerprint density at radius 2 is 1.67 bits per heavy atom. The minimum atomic E-state index is -2.75. The van der Waals surface area contributed by atoms with Crippen LogP contribution in [0.25, 0.3) is 0 Å². The maximum absolute atomic E-state index is 13.1. The first-order valence-corrected chi connectivity index (χ1v) is 6.21. The molecule has 0 aromatic rings. The Morgan fingerprint density at radius 3 is 2.06 bits per heavy atom. The molecule has 0 aromatic heterocycles. The molecule has 6 heteroatoms. The summed E-state index contributed by atoms with van der Waals surface area (Å²) in [6.07, 6.45) is -0.620. The normalized spacial score (nSPS) is 25.2. The fourth-order valence-electron chi connectivity index (χ4n) is 2.28. The molecule has 1 aliphatic heterocycles. The van der Waals surface area contributed by atoms with Crippen LogP contribution >= 0.6 is 0 Å². The molecular weight excluding hydrogens is 244 g/mol. The lowest BCUT2D eigenvalue weighted by molar-refractivity contribution is -0.151. The third-order valence-corrected chi connectivity index (χ3v) is 3.83. The van der Waals surface area contributed by atoms with Gasteiger partial charge in [0.15, 0.2) is 11.4 Å². The molecule has 0 radical (unpaired) electrons. The number of carbonyl (C=O) groups excluding carboxylic acids is 2. The molecule has 0 bridgehead atoms. The van der Waals surface area contributed by atoms with Gasteiger partial charge in [-0.25, -0.2) is 13.6 Å². The van der Waals surface area contributed by atoms with Crippen molar-refractivity contribution in [1.82, 2.24) is 4.90 Å². The Kier molecular flexibility index (Phi) is 3.29. The second kappa shape index (κ2) is 4.48. The summed E-state index contributed by atoms with van der Waals surface area (Å²) in [5, 5.41) is 0. The zero-order valence-electron chi connectivity index (χ0n) is 10.4. The van der Waals surface area contributed by atoms with Gasteiger partial charge < -0.3 is 9.64 Å². The number of ketones is 1. The summed E-state index contributed by atoms with van der Waals surface area (Å²) < 4.78 is 31.5.